The molecule has 0 spiro atoms. The number of fused-ring (bicyclic) bond motifs is 1. The first-order valence-electron chi connectivity index (χ1n) is 3.34. The Morgan fingerprint density at radius 1 is 1.33 bits per heavy atom. The van der Waals surface area contributed by atoms with E-state index in [2.05, 4.69) is 4.74 Å². The van der Waals surface area contributed by atoms with Crippen molar-refractivity contribution in [2.45, 2.75) is 0 Å². The molecule has 2 rings (SSSR count). The molecule has 0 aromatic heterocycles. The van der Waals surface area contributed by atoms with Crippen LogP contribution in [0.4, 0.5) is 8.78 Å². The first-order valence-corrected chi connectivity index (χ1v) is 3.34. The zero-order valence-electron chi connectivity index (χ0n) is 5.93. The molecule has 4 heteroatoms. The van der Waals surface area contributed by atoms with Gasteiger partial charge in [0, 0.05) is 0 Å². The van der Waals surface area contributed by atoms with Gasteiger partial charge in [0.2, 0.25) is 11.6 Å². The van der Waals surface area contributed by atoms with Crippen molar-refractivity contribution in [1.82, 2.24) is 0 Å². The van der Waals surface area contributed by atoms with Gasteiger partial charge >= 0.3 is 0 Å². The summed E-state index contributed by atoms with van der Waals surface area (Å²) in [4.78, 5) is 10.9. The van der Waals surface area contributed by atoms with Crippen LogP contribution in [0.1, 0.15) is 10.4 Å². The Bertz CT molecular complexity index is 360. The third-order valence-corrected chi connectivity index (χ3v) is 1.70. The van der Waals surface area contributed by atoms with Gasteiger partial charge in [0.15, 0.2) is 18.2 Å². The molecule has 0 saturated heterocycles. The van der Waals surface area contributed by atoms with Crippen LogP contribution in [-0.2, 0) is 0 Å². The molecule has 0 atom stereocenters. The number of rotatable bonds is 0. The first kappa shape index (κ1) is 7.21. The van der Waals surface area contributed by atoms with Crippen LogP contribution in [0.3, 0.4) is 0 Å². The maximum absolute atomic E-state index is 12.8. The number of hydrogen-bond acceptors (Lipinski definition) is 2. The molecule has 1 aromatic rings. The molecule has 0 saturated carbocycles. The van der Waals surface area contributed by atoms with Crippen LogP contribution >= 0.6 is 0 Å². The lowest BCUT2D eigenvalue weighted by atomic mass is 10.1. The Hall–Kier alpha value is -1.45. The summed E-state index contributed by atoms with van der Waals surface area (Å²) in [6, 6.07) is 2.14. The number of ketones is 1. The second kappa shape index (κ2) is 2.27. The lowest BCUT2D eigenvalue weighted by molar-refractivity contribution is 0.0960. The van der Waals surface area contributed by atoms with Crippen molar-refractivity contribution < 1.29 is 18.3 Å². The zero-order valence-corrected chi connectivity index (χ0v) is 5.93. The largest absolute Gasteiger partial charge is 0.481 e. The Morgan fingerprint density at radius 3 is 2.83 bits per heavy atom. The second-order valence-corrected chi connectivity index (χ2v) is 2.45. The second-order valence-electron chi connectivity index (χ2n) is 2.45. The van der Waals surface area contributed by atoms with E-state index in [1.54, 1.807) is 0 Å². The number of carbonyl (C=O) groups excluding carboxylic acids is 1. The van der Waals surface area contributed by atoms with Crippen molar-refractivity contribution in [3.8, 4) is 5.75 Å². The molecule has 1 aromatic carbocycles. The molecule has 2 nitrogen and oxygen atoms in total. The van der Waals surface area contributed by atoms with Crippen LogP contribution in [-0.4, -0.2) is 12.4 Å². The molecule has 0 unspecified atom stereocenters. The van der Waals surface area contributed by atoms with Gasteiger partial charge in [-0.25, -0.2) is 4.39 Å². The van der Waals surface area contributed by atoms with E-state index >= 15 is 0 Å². The molecule has 0 bridgehead atoms. The van der Waals surface area contributed by atoms with E-state index in [0.29, 0.717) is 0 Å². The molecule has 0 amide bonds. The molecule has 1 aliphatic rings. The predicted octanol–water partition coefficient (Wildman–Crippen LogP) is 1.54. The average Bonchev–Trinajstić information content (AvgIpc) is 2.41. The highest BCUT2D eigenvalue weighted by atomic mass is 19.2. The maximum atomic E-state index is 12.8. The zero-order chi connectivity index (χ0) is 8.72. The van der Waals surface area contributed by atoms with Gasteiger partial charge < -0.3 is 4.74 Å². The van der Waals surface area contributed by atoms with Gasteiger partial charge in [0.1, 0.15) is 0 Å². The fraction of sp³-hybridized carbons (Fsp3) is 0.125. The Labute approximate surface area is 66.8 Å². The Balaban J connectivity index is 2.68. The topological polar surface area (TPSA) is 26.3 Å². The summed E-state index contributed by atoms with van der Waals surface area (Å²) in [7, 11) is 0. The molecule has 0 fully saturated rings. The third kappa shape index (κ3) is 0.809. The monoisotopic (exact) mass is 170 g/mol. The molecule has 1 aliphatic heterocycles. The van der Waals surface area contributed by atoms with Crippen molar-refractivity contribution in [2.75, 3.05) is 6.61 Å². The Kier molecular flexibility index (Phi) is 1.36. The van der Waals surface area contributed by atoms with Crippen LogP contribution in [0.5, 0.6) is 5.75 Å². The van der Waals surface area contributed by atoms with Crippen molar-refractivity contribution >= 4 is 5.78 Å². The SMILES string of the molecule is O=C1COc2c1ccc(F)c2F. The first-order chi connectivity index (χ1) is 5.70. The van der Waals surface area contributed by atoms with Crippen LogP contribution in [0.2, 0.25) is 0 Å². The van der Waals surface area contributed by atoms with E-state index in [1.807, 2.05) is 0 Å². The minimum Gasteiger partial charge on any atom is -0.481 e. The standard InChI is InChI=1S/C8H4F2O2/c9-5-2-1-4-6(11)3-12-8(4)7(5)10/h1-2H,3H2. The maximum Gasteiger partial charge on any atom is 0.204 e. The minimum atomic E-state index is -1.08. The number of halogens is 2. The van der Waals surface area contributed by atoms with Gasteiger partial charge in [0.25, 0.3) is 0 Å². The van der Waals surface area contributed by atoms with Crippen LogP contribution < -0.4 is 4.74 Å². The van der Waals surface area contributed by atoms with Gasteiger partial charge in [-0.3, -0.25) is 4.79 Å². The molecule has 0 aliphatic carbocycles. The van der Waals surface area contributed by atoms with Crippen LogP contribution in [0.25, 0.3) is 0 Å². The number of ether oxygens (including phenoxy) is 1. The van der Waals surface area contributed by atoms with E-state index in [4.69, 9.17) is 0 Å². The lowest BCUT2D eigenvalue weighted by Crippen LogP contribution is -1.98. The van der Waals surface area contributed by atoms with Gasteiger partial charge in [-0.15, -0.1) is 0 Å². The van der Waals surface area contributed by atoms with E-state index < -0.39 is 11.6 Å². The van der Waals surface area contributed by atoms with E-state index in [0.717, 1.165) is 6.07 Å². The molecule has 12 heavy (non-hydrogen) atoms. The van der Waals surface area contributed by atoms with E-state index in [-0.39, 0.29) is 23.7 Å². The fourth-order valence-corrected chi connectivity index (χ4v) is 1.11. The summed E-state index contributed by atoms with van der Waals surface area (Å²) in [6.07, 6.45) is 0. The van der Waals surface area contributed by atoms with Gasteiger partial charge in [0.05, 0.1) is 5.56 Å². The quantitative estimate of drug-likeness (QED) is 0.590. The fourth-order valence-electron chi connectivity index (χ4n) is 1.11. The molecular weight excluding hydrogens is 166 g/mol. The third-order valence-electron chi connectivity index (χ3n) is 1.70. The number of carbonyl (C=O) groups is 1. The van der Waals surface area contributed by atoms with Crippen LogP contribution in [0, 0.1) is 11.6 Å². The molecule has 1 heterocycles. The molecule has 0 radical (unpaired) electrons. The summed E-state index contributed by atoms with van der Waals surface area (Å²) in [5.74, 6) is -2.66. The van der Waals surface area contributed by atoms with Crippen molar-refractivity contribution in [3.63, 3.8) is 0 Å². The normalized spacial score (nSPS) is 14.3. The van der Waals surface area contributed by atoms with Crippen LogP contribution in [0.15, 0.2) is 12.1 Å². The van der Waals surface area contributed by atoms with E-state index in [1.165, 1.54) is 6.07 Å². The summed E-state index contributed by atoms with van der Waals surface area (Å²) < 4.78 is 30.0. The summed E-state index contributed by atoms with van der Waals surface area (Å²) in [5.41, 5.74) is 0.119. The highest BCUT2D eigenvalue weighted by Gasteiger charge is 2.26. The highest BCUT2D eigenvalue weighted by molar-refractivity contribution is 6.02. The van der Waals surface area contributed by atoms with Crippen molar-refractivity contribution in [2.24, 2.45) is 0 Å². The summed E-state index contributed by atoms with van der Waals surface area (Å²) >= 11 is 0. The summed E-state index contributed by atoms with van der Waals surface area (Å²) in [5, 5.41) is 0. The van der Waals surface area contributed by atoms with E-state index in [9.17, 15) is 13.6 Å². The number of hydrogen-bond donors (Lipinski definition) is 0. The molecule has 62 valence electrons. The number of benzene rings is 1. The smallest absolute Gasteiger partial charge is 0.204 e. The van der Waals surface area contributed by atoms with Crippen molar-refractivity contribution in [3.05, 3.63) is 29.3 Å². The summed E-state index contributed by atoms with van der Waals surface area (Å²) in [6.45, 7) is -0.199. The van der Waals surface area contributed by atoms with Crippen molar-refractivity contribution in [1.29, 1.82) is 0 Å². The van der Waals surface area contributed by atoms with Gasteiger partial charge in [-0.1, -0.05) is 0 Å². The van der Waals surface area contributed by atoms with Gasteiger partial charge in [-0.2, -0.15) is 4.39 Å². The number of Topliss-reactive ketones (excluding diaryl/α,β-unsaturated/α-hetero) is 1. The van der Waals surface area contributed by atoms with Gasteiger partial charge in [-0.05, 0) is 12.1 Å². The molecule has 0 N–H and O–H groups in total. The highest BCUT2D eigenvalue weighted by Crippen LogP contribution is 2.29. The minimum absolute atomic E-state index is 0.119. The molecular formula is C8H4F2O2. The lowest BCUT2D eigenvalue weighted by Gasteiger charge is -1.98. The predicted molar refractivity (Wildman–Crippen MR) is 36.2 cm³/mol. The average molecular weight is 170 g/mol. The Morgan fingerprint density at radius 2 is 2.08 bits per heavy atom.